The Hall–Kier alpha value is -2.81. The highest BCUT2D eigenvalue weighted by Gasteiger charge is 2.21. The molecule has 0 fully saturated rings. The smallest absolute Gasteiger partial charge is 0.197 e. The van der Waals surface area contributed by atoms with Crippen molar-refractivity contribution in [1.29, 1.82) is 0 Å². The molecule has 0 aliphatic heterocycles. The molecule has 0 atom stereocenters. The van der Waals surface area contributed by atoms with Crippen molar-refractivity contribution in [3.63, 3.8) is 0 Å². The molecule has 1 aromatic carbocycles. The van der Waals surface area contributed by atoms with Crippen LogP contribution in [0.5, 0.6) is 0 Å². The Morgan fingerprint density at radius 1 is 1.41 bits per heavy atom. The number of alkyl halides is 1. The van der Waals surface area contributed by atoms with Gasteiger partial charge in [0.05, 0.1) is 17.9 Å². The quantitative estimate of drug-likeness (QED) is 0.240. The highest BCUT2D eigenvalue weighted by atomic mass is 32.2. The number of nitrogens with zero attached hydrogens (tertiary/aromatic N) is 2. The summed E-state index contributed by atoms with van der Waals surface area (Å²) in [6, 6.07) is 7.29. The van der Waals surface area contributed by atoms with Crippen LogP contribution in [0.25, 0.3) is 11.3 Å². The van der Waals surface area contributed by atoms with Crippen molar-refractivity contribution in [2.24, 2.45) is 5.73 Å². The second kappa shape index (κ2) is 10.4. The number of aromatic amines is 1. The van der Waals surface area contributed by atoms with Gasteiger partial charge in [-0.25, -0.2) is 0 Å². The highest BCUT2D eigenvalue weighted by molar-refractivity contribution is 8.00. The van der Waals surface area contributed by atoms with Crippen molar-refractivity contribution < 1.29 is 13.7 Å². The Bertz CT molecular complexity index is 805. The number of carbonyl (C=O) groups is 1. The number of hydrogen-bond acceptors (Lipinski definition) is 6. The number of carbonyl (C=O) groups excluding carboxylic acids is 1. The summed E-state index contributed by atoms with van der Waals surface area (Å²) < 4.78 is 29.7. The predicted octanol–water partition coefficient (Wildman–Crippen LogP) is 4.38. The minimum Gasteiger partial charge on any atom is -0.383 e. The molecule has 0 unspecified atom stereocenters. The van der Waals surface area contributed by atoms with E-state index in [9.17, 15) is 13.7 Å². The number of aldehydes is 1. The maximum atomic E-state index is 14.5. The summed E-state index contributed by atoms with van der Waals surface area (Å²) >= 11 is 1.56. The van der Waals surface area contributed by atoms with Gasteiger partial charge in [0.15, 0.2) is 12.1 Å². The number of allylic oxidation sites excluding steroid dienone is 3. The van der Waals surface area contributed by atoms with Gasteiger partial charge in [0.1, 0.15) is 5.82 Å². The van der Waals surface area contributed by atoms with Gasteiger partial charge in [-0.05, 0) is 24.6 Å². The summed E-state index contributed by atoms with van der Waals surface area (Å²) in [5.74, 6) is 0.407. The number of aromatic nitrogens is 2. The molecule has 0 aliphatic carbocycles. The lowest BCUT2D eigenvalue weighted by Crippen LogP contribution is -2.19. The van der Waals surface area contributed by atoms with E-state index in [1.165, 1.54) is 18.2 Å². The van der Waals surface area contributed by atoms with Crippen molar-refractivity contribution in [3.8, 4) is 11.3 Å². The molecule has 0 amide bonds. The molecule has 0 aliphatic rings. The average molecular weight is 393 g/mol. The van der Waals surface area contributed by atoms with E-state index in [0.29, 0.717) is 17.5 Å². The lowest BCUT2D eigenvalue weighted by atomic mass is 10.1. The standard InChI is InChI=1S/C18H21F2N5OS/c1-2-27-24-14-9-7-13(8-10-14)17-15(12-26)18(23-22-17)25(20)16(21)6-4-3-5-11-19/h3-4,6-10,12,24H,2,5,11,21H2,1H3,(H,22,23)/b4-3-,16-6+. The maximum absolute atomic E-state index is 14.5. The minimum absolute atomic E-state index is 0.0465. The molecule has 0 saturated heterocycles. The molecule has 4 N–H and O–H groups in total. The number of rotatable bonds is 10. The van der Waals surface area contributed by atoms with Gasteiger partial charge in [-0.1, -0.05) is 47.6 Å². The zero-order chi connectivity index (χ0) is 19.6. The molecule has 1 aromatic heterocycles. The lowest BCUT2D eigenvalue weighted by molar-refractivity contribution is 0.112. The van der Waals surface area contributed by atoms with Crippen molar-refractivity contribution in [2.45, 2.75) is 13.3 Å². The number of H-pyrrole nitrogens is 1. The summed E-state index contributed by atoms with van der Waals surface area (Å²) in [6.45, 7) is 1.53. The third kappa shape index (κ3) is 5.33. The van der Waals surface area contributed by atoms with Crippen LogP contribution in [-0.2, 0) is 0 Å². The maximum Gasteiger partial charge on any atom is 0.197 e. The van der Waals surface area contributed by atoms with Crippen LogP contribution in [-0.4, -0.2) is 28.9 Å². The molecule has 6 nitrogen and oxygen atoms in total. The second-order valence-corrected chi connectivity index (χ2v) is 6.41. The summed E-state index contributed by atoms with van der Waals surface area (Å²) in [4.78, 5) is 11.5. The summed E-state index contributed by atoms with van der Waals surface area (Å²) in [7, 11) is 0. The van der Waals surface area contributed by atoms with Gasteiger partial charge >= 0.3 is 0 Å². The fraction of sp³-hybridized carbons (Fsp3) is 0.222. The van der Waals surface area contributed by atoms with Crippen molar-refractivity contribution >= 4 is 29.7 Å². The minimum atomic E-state index is -0.507. The fourth-order valence-corrected chi connectivity index (χ4v) is 2.64. The summed E-state index contributed by atoms with van der Waals surface area (Å²) in [5, 5.41) is 6.66. The molecular weight excluding hydrogens is 372 g/mol. The van der Waals surface area contributed by atoms with Crippen molar-refractivity contribution in [2.75, 3.05) is 22.3 Å². The fourth-order valence-electron chi connectivity index (χ4n) is 2.20. The molecule has 0 bridgehead atoms. The number of halogens is 2. The van der Waals surface area contributed by atoms with Crippen LogP contribution < -0.4 is 15.6 Å². The van der Waals surface area contributed by atoms with Gasteiger partial charge in [0.2, 0.25) is 0 Å². The van der Waals surface area contributed by atoms with Gasteiger partial charge < -0.3 is 10.5 Å². The number of benzene rings is 1. The molecule has 144 valence electrons. The molecule has 2 aromatic rings. The predicted molar refractivity (Wildman–Crippen MR) is 107 cm³/mol. The first kappa shape index (κ1) is 20.5. The first-order valence-electron chi connectivity index (χ1n) is 8.28. The monoisotopic (exact) mass is 393 g/mol. The Morgan fingerprint density at radius 3 is 2.78 bits per heavy atom. The van der Waals surface area contributed by atoms with E-state index in [0.717, 1.165) is 11.4 Å². The SMILES string of the molecule is CCSNc1ccc(-c2[nH]nc(N(F)/C(N)=C/C=C\CCF)c2C=O)cc1. The van der Waals surface area contributed by atoms with E-state index in [4.69, 9.17) is 5.73 Å². The first-order chi connectivity index (χ1) is 13.1. The molecule has 0 saturated carbocycles. The molecule has 0 spiro atoms. The van der Waals surface area contributed by atoms with Gasteiger partial charge in [-0.15, -0.1) is 5.12 Å². The highest BCUT2D eigenvalue weighted by Crippen LogP contribution is 2.30. The molecule has 0 radical (unpaired) electrons. The van der Waals surface area contributed by atoms with Gasteiger partial charge in [-0.3, -0.25) is 14.3 Å². The second-order valence-electron chi connectivity index (χ2n) is 5.34. The van der Waals surface area contributed by atoms with Gasteiger partial charge in [-0.2, -0.15) is 5.10 Å². The van der Waals surface area contributed by atoms with Crippen LogP contribution in [0.1, 0.15) is 23.7 Å². The van der Waals surface area contributed by atoms with Gasteiger partial charge in [0.25, 0.3) is 0 Å². The molecule has 27 heavy (non-hydrogen) atoms. The molecule has 2 rings (SSSR count). The average Bonchev–Trinajstić information content (AvgIpc) is 3.13. The summed E-state index contributed by atoms with van der Waals surface area (Å²) in [6.07, 6.45) is 4.96. The Morgan fingerprint density at radius 2 is 2.15 bits per heavy atom. The number of anilines is 2. The number of nitrogens with two attached hydrogens (primary N) is 1. The van der Waals surface area contributed by atoms with E-state index >= 15 is 0 Å². The normalized spacial score (nSPS) is 11.7. The van der Waals surface area contributed by atoms with E-state index in [1.807, 2.05) is 19.1 Å². The summed E-state index contributed by atoms with van der Waals surface area (Å²) in [5.41, 5.74) is 7.69. The third-order valence-corrected chi connectivity index (χ3v) is 4.17. The van der Waals surface area contributed by atoms with Crippen molar-refractivity contribution in [1.82, 2.24) is 10.2 Å². The van der Waals surface area contributed by atoms with Crippen LogP contribution in [0.4, 0.5) is 20.4 Å². The van der Waals surface area contributed by atoms with Crippen LogP contribution >= 0.6 is 11.9 Å². The van der Waals surface area contributed by atoms with Crippen LogP contribution in [0.3, 0.4) is 0 Å². The van der Waals surface area contributed by atoms with Crippen LogP contribution in [0.2, 0.25) is 0 Å². The zero-order valence-electron chi connectivity index (χ0n) is 14.8. The van der Waals surface area contributed by atoms with E-state index in [1.54, 1.807) is 24.1 Å². The Labute approximate surface area is 160 Å². The van der Waals surface area contributed by atoms with E-state index in [-0.39, 0.29) is 28.7 Å². The molecule has 1 heterocycles. The topological polar surface area (TPSA) is 87.0 Å². The lowest BCUT2D eigenvalue weighted by Gasteiger charge is -2.11. The zero-order valence-corrected chi connectivity index (χ0v) is 15.6. The Balaban J connectivity index is 2.24. The van der Waals surface area contributed by atoms with Crippen LogP contribution in [0.15, 0.2) is 48.3 Å². The van der Waals surface area contributed by atoms with Crippen molar-refractivity contribution in [3.05, 3.63) is 53.9 Å². The first-order valence-corrected chi connectivity index (χ1v) is 9.26. The largest absolute Gasteiger partial charge is 0.383 e. The number of hydrogen-bond donors (Lipinski definition) is 3. The molecular formula is C18H21F2N5OS. The molecule has 9 heteroatoms. The third-order valence-electron chi connectivity index (χ3n) is 3.50. The Kier molecular flexibility index (Phi) is 7.87. The van der Waals surface area contributed by atoms with E-state index < -0.39 is 6.67 Å². The van der Waals surface area contributed by atoms with E-state index in [2.05, 4.69) is 14.9 Å². The van der Waals surface area contributed by atoms with Gasteiger partial charge in [0, 0.05) is 17.0 Å². The number of nitrogens with one attached hydrogen (secondary N) is 2. The van der Waals surface area contributed by atoms with Crippen LogP contribution in [0, 0.1) is 0 Å².